The highest BCUT2D eigenvalue weighted by Gasteiger charge is 2.48. The van der Waals surface area contributed by atoms with E-state index in [0.29, 0.717) is 32.5 Å². The average Bonchev–Trinajstić information content (AvgIpc) is 3.12. The van der Waals surface area contributed by atoms with E-state index in [1.165, 1.54) is 6.26 Å². The molecule has 0 bridgehead atoms. The Labute approximate surface area is 154 Å². The molecular formula is C17H29N3O3S2. The lowest BCUT2D eigenvalue weighted by molar-refractivity contribution is -0.124. The van der Waals surface area contributed by atoms with Gasteiger partial charge in [-0.15, -0.1) is 0 Å². The predicted octanol–water partition coefficient (Wildman–Crippen LogP) is 1.41. The van der Waals surface area contributed by atoms with E-state index in [4.69, 9.17) is 0 Å². The van der Waals surface area contributed by atoms with Gasteiger partial charge in [0.2, 0.25) is 5.91 Å². The maximum atomic E-state index is 12.9. The Bertz CT molecular complexity index is 649. The number of piperidine rings is 1. The molecule has 142 valence electrons. The number of thiophene rings is 1. The zero-order valence-electron chi connectivity index (χ0n) is 15.2. The molecule has 1 aromatic rings. The summed E-state index contributed by atoms with van der Waals surface area (Å²) in [6, 6.07) is 2.12. The Morgan fingerprint density at radius 3 is 2.48 bits per heavy atom. The SMILES string of the molecule is CCN(CC)C(CNC(=O)C1(S(C)(=O)=O)CCNCC1)c1ccsc1. The molecule has 0 aliphatic carbocycles. The molecule has 2 rings (SSSR count). The first-order chi connectivity index (χ1) is 11.9. The minimum atomic E-state index is -3.48. The van der Waals surface area contributed by atoms with Crippen LogP contribution in [0, 0.1) is 0 Å². The summed E-state index contributed by atoms with van der Waals surface area (Å²) in [6.45, 7) is 7.43. The molecule has 1 aliphatic rings. The summed E-state index contributed by atoms with van der Waals surface area (Å²) in [5, 5.41) is 10.2. The molecule has 1 unspecified atom stereocenters. The third kappa shape index (κ3) is 4.42. The Morgan fingerprint density at radius 1 is 1.36 bits per heavy atom. The number of carbonyl (C=O) groups is 1. The second-order valence-electron chi connectivity index (χ2n) is 6.52. The van der Waals surface area contributed by atoms with Crippen molar-refractivity contribution in [1.29, 1.82) is 0 Å². The summed E-state index contributed by atoms with van der Waals surface area (Å²) in [6.07, 6.45) is 1.83. The van der Waals surface area contributed by atoms with Gasteiger partial charge in [-0.05, 0) is 61.4 Å². The van der Waals surface area contributed by atoms with Crippen LogP contribution in [0.4, 0.5) is 0 Å². The van der Waals surface area contributed by atoms with Crippen LogP contribution in [0.2, 0.25) is 0 Å². The van der Waals surface area contributed by atoms with Crippen molar-refractivity contribution in [3.05, 3.63) is 22.4 Å². The first-order valence-electron chi connectivity index (χ1n) is 8.80. The molecule has 8 heteroatoms. The fourth-order valence-corrected chi connectivity index (χ4v) is 5.60. The van der Waals surface area contributed by atoms with Gasteiger partial charge in [-0.2, -0.15) is 11.3 Å². The zero-order valence-corrected chi connectivity index (χ0v) is 16.9. The van der Waals surface area contributed by atoms with Gasteiger partial charge in [0.05, 0.1) is 6.04 Å². The lowest BCUT2D eigenvalue weighted by atomic mass is 9.95. The molecule has 0 aromatic carbocycles. The standard InChI is InChI=1S/C17H29N3O3S2/c1-4-20(5-2)15(14-6-11-24-13-14)12-19-16(21)17(25(3,22)23)7-9-18-10-8-17/h6,11,13,15,18H,4-5,7-10,12H2,1-3H3,(H,19,21). The van der Waals surface area contributed by atoms with Crippen molar-refractivity contribution in [1.82, 2.24) is 15.5 Å². The van der Waals surface area contributed by atoms with Gasteiger partial charge in [0.1, 0.15) is 0 Å². The summed E-state index contributed by atoms with van der Waals surface area (Å²) < 4.78 is 23.4. The van der Waals surface area contributed by atoms with Crippen molar-refractivity contribution in [2.45, 2.75) is 37.5 Å². The maximum absolute atomic E-state index is 12.9. The predicted molar refractivity (Wildman–Crippen MR) is 103 cm³/mol. The van der Waals surface area contributed by atoms with Crippen LogP contribution in [0.15, 0.2) is 16.8 Å². The molecule has 1 fully saturated rings. The Morgan fingerprint density at radius 2 is 2.00 bits per heavy atom. The minimum Gasteiger partial charge on any atom is -0.353 e. The Kier molecular flexibility index (Phi) is 7.01. The van der Waals surface area contributed by atoms with Gasteiger partial charge in [-0.1, -0.05) is 13.8 Å². The first-order valence-corrected chi connectivity index (χ1v) is 11.6. The van der Waals surface area contributed by atoms with Crippen LogP contribution in [0.25, 0.3) is 0 Å². The van der Waals surface area contributed by atoms with E-state index in [-0.39, 0.29) is 11.9 Å². The molecule has 1 aliphatic heterocycles. The molecule has 1 aromatic heterocycles. The van der Waals surface area contributed by atoms with E-state index in [0.717, 1.165) is 18.7 Å². The van der Waals surface area contributed by atoms with Crippen molar-refractivity contribution in [3.63, 3.8) is 0 Å². The molecule has 6 nitrogen and oxygen atoms in total. The molecule has 1 atom stereocenters. The highest BCUT2D eigenvalue weighted by Crippen LogP contribution is 2.29. The van der Waals surface area contributed by atoms with Crippen LogP contribution in [-0.4, -0.2) is 63.0 Å². The van der Waals surface area contributed by atoms with Crippen molar-refractivity contribution >= 4 is 27.1 Å². The van der Waals surface area contributed by atoms with Crippen molar-refractivity contribution in [2.24, 2.45) is 0 Å². The average molecular weight is 388 g/mol. The highest BCUT2D eigenvalue weighted by molar-refractivity contribution is 7.92. The molecule has 2 heterocycles. The highest BCUT2D eigenvalue weighted by atomic mass is 32.2. The molecule has 0 radical (unpaired) electrons. The van der Waals surface area contributed by atoms with Crippen LogP contribution >= 0.6 is 11.3 Å². The molecule has 0 spiro atoms. The topological polar surface area (TPSA) is 78.5 Å². The first kappa shape index (κ1) is 20.4. The number of amides is 1. The monoisotopic (exact) mass is 387 g/mol. The molecule has 25 heavy (non-hydrogen) atoms. The lowest BCUT2D eigenvalue weighted by Crippen LogP contribution is -2.58. The van der Waals surface area contributed by atoms with E-state index < -0.39 is 14.6 Å². The number of rotatable bonds is 8. The van der Waals surface area contributed by atoms with Crippen LogP contribution < -0.4 is 10.6 Å². The summed E-state index contributed by atoms with van der Waals surface area (Å²) >= 11 is 1.63. The number of sulfone groups is 1. The Balaban J connectivity index is 2.17. The van der Waals surface area contributed by atoms with Gasteiger partial charge >= 0.3 is 0 Å². The third-order valence-electron chi connectivity index (χ3n) is 5.17. The second-order valence-corrected chi connectivity index (χ2v) is 9.63. The van der Waals surface area contributed by atoms with Gasteiger partial charge in [0.25, 0.3) is 0 Å². The molecule has 2 N–H and O–H groups in total. The van der Waals surface area contributed by atoms with Crippen LogP contribution in [0.1, 0.15) is 38.3 Å². The fourth-order valence-electron chi connectivity index (χ4n) is 3.53. The van der Waals surface area contributed by atoms with Gasteiger partial charge in [0, 0.05) is 12.8 Å². The van der Waals surface area contributed by atoms with Crippen molar-refractivity contribution < 1.29 is 13.2 Å². The van der Waals surface area contributed by atoms with E-state index in [2.05, 4.69) is 40.8 Å². The molecule has 1 amide bonds. The van der Waals surface area contributed by atoms with E-state index in [1.807, 2.05) is 5.38 Å². The van der Waals surface area contributed by atoms with Crippen LogP contribution in [0.3, 0.4) is 0 Å². The number of hydrogen-bond acceptors (Lipinski definition) is 6. The normalized spacial score (nSPS) is 18.9. The smallest absolute Gasteiger partial charge is 0.241 e. The molecular weight excluding hydrogens is 358 g/mol. The number of likely N-dealkylation sites (N-methyl/N-ethyl adjacent to an activating group) is 1. The Hall–Kier alpha value is -0.960. The van der Waals surface area contributed by atoms with Crippen LogP contribution in [-0.2, 0) is 14.6 Å². The summed E-state index contributed by atoms with van der Waals surface area (Å²) in [7, 11) is -3.48. The van der Waals surface area contributed by atoms with Gasteiger partial charge < -0.3 is 10.6 Å². The fraction of sp³-hybridized carbons (Fsp3) is 0.706. The second kappa shape index (κ2) is 8.62. The number of hydrogen-bond donors (Lipinski definition) is 2. The number of carbonyl (C=O) groups excluding carboxylic acids is 1. The van der Waals surface area contributed by atoms with Crippen molar-refractivity contribution in [2.75, 3.05) is 39.0 Å². The maximum Gasteiger partial charge on any atom is 0.241 e. The summed E-state index contributed by atoms with van der Waals surface area (Å²) in [5.74, 6) is -0.358. The van der Waals surface area contributed by atoms with E-state index in [9.17, 15) is 13.2 Å². The van der Waals surface area contributed by atoms with Gasteiger partial charge in [-0.3, -0.25) is 9.69 Å². The molecule has 0 saturated carbocycles. The van der Waals surface area contributed by atoms with Gasteiger partial charge in [0.15, 0.2) is 14.6 Å². The zero-order chi connectivity index (χ0) is 18.5. The number of nitrogens with one attached hydrogen (secondary N) is 2. The van der Waals surface area contributed by atoms with Crippen molar-refractivity contribution in [3.8, 4) is 0 Å². The van der Waals surface area contributed by atoms with Crippen LogP contribution in [0.5, 0.6) is 0 Å². The lowest BCUT2D eigenvalue weighted by Gasteiger charge is -2.36. The van der Waals surface area contributed by atoms with E-state index in [1.54, 1.807) is 11.3 Å². The minimum absolute atomic E-state index is 0.0588. The third-order valence-corrected chi connectivity index (χ3v) is 7.89. The summed E-state index contributed by atoms with van der Waals surface area (Å²) in [5.41, 5.74) is 1.16. The van der Waals surface area contributed by atoms with Gasteiger partial charge in [-0.25, -0.2) is 8.42 Å². The summed E-state index contributed by atoms with van der Waals surface area (Å²) in [4.78, 5) is 15.2. The number of nitrogens with zero attached hydrogens (tertiary/aromatic N) is 1. The van der Waals surface area contributed by atoms with E-state index >= 15 is 0 Å². The molecule has 1 saturated heterocycles. The largest absolute Gasteiger partial charge is 0.353 e. The quantitative estimate of drug-likeness (QED) is 0.705.